The van der Waals surface area contributed by atoms with Gasteiger partial charge in [-0.05, 0) is 18.2 Å². The van der Waals surface area contributed by atoms with Gasteiger partial charge in [0, 0.05) is 16.2 Å². The van der Waals surface area contributed by atoms with Crippen molar-refractivity contribution in [3.63, 3.8) is 0 Å². The smallest absolute Gasteiger partial charge is 0.261 e. The molecular formula is C9H7ClO4S. The highest BCUT2D eigenvalue weighted by Crippen LogP contribution is 2.26. The van der Waals surface area contributed by atoms with Crippen LogP contribution in [0.5, 0.6) is 5.75 Å². The van der Waals surface area contributed by atoms with E-state index in [0.717, 1.165) is 0 Å². The number of fused-ring (bicyclic) bond motifs is 1. The third-order valence-electron chi connectivity index (χ3n) is 1.90. The van der Waals surface area contributed by atoms with Crippen molar-refractivity contribution < 1.29 is 17.9 Å². The molecule has 1 aliphatic heterocycles. The monoisotopic (exact) mass is 246 g/mol. The molecule has 0 aromatic heterocycles. The average Bonchev–Trinajstić information content (AvgIpc) is 2.39. The third kappa shape index (κ3) is 2.24. The Labute approximate surface area is 91.5 Å². The van der Waals surface area contributed by atoms with E-state index in [1.807, 2.05) is 0 Å². The standard InChI is InChI=1S/C9H7ClO4S/c10-15(11,12)8-1-2-9-7(5-8)6-13-3-4-14-9/h1-5H,6H2. The van der Waals surface area contributed by atoms with Gasteiger partial charge in [-0.1, -0.05) is 0 Å². The molecule has 4 nitrogen and oxygen atoms in total. The maximum absolute atomic E-state index is 11.1. The van der Waals surface area contributed by atoms with E-state index in [-0.39, 0.29) is 11.5 Å². The Balaban J connectivity index is 2.48. The fraction of sp³-hybridized carbons (Fsp3) is 0.111. The fourth-order valence-electron chi connectivity index (χ4n) is 1.21. The number of benzene rings is 1. The van der Waals surface area contributed by atoms with E-state index in [1.54, 1.807) is 6.07 Å². The molecule has 0 saturated carbocycles. The van der Waals surface area contributed by atoms with E-state index < -0.39 is 9.05 Å². The molecule has 2 rings (SSSR count). The lowest BCUT2D eigenvalue weighted by Crippen LogP contribution is -1.95. The summed E-state index contributed by atoms with van der Waals surface area (Å²) < 4.78 is 32.4. The minimum Gasteiger partial charge on any atom is -0.493 e. The van der Waals surface area contributed by atoms with Crippen molar-refractivity contribution >= 4 is 19.7 Å². The Bertz CT molecular complexity index is 507. The van der Waals surface area contributed by atoms with Crippen LogP contribution in [0.4, 0.5) is 0 Å². The van der Waals surface area contributed by atoms with Crippen molar-refractivity contribution in [1.29, 1.82) is 0 Å². The van der Waals surface area contributed by atoms with Crippen molar-refractivity contribution in [2.24, 2.45) is 0 Å². The molecule has 80 valence electrons. The summed E-state index contributed by atoms with van der Waals surface area (Å²) in [5, 5.41) is 0. The van der Waals surface area contributed by atoms with Gasteiger partial charge in [-0.15, -0.1) is 0 Å². The van der Waals surface area contributed by atoms with Gasteiger partial charge in [0.1, 0.15) is 24.9 Å². The third-order valence-corrected chi connectivity index (χ3v) is 3.25. The lowest BCUT2D eigenvalue weighted by atomic mass is 10.2. The van der Waals surface area contributed by atoms with Gasteiger partial charge < -0.3 is 9.47 Å². The summed E-state index contributed by atoms with van der Waals surface area (Å²) in [4.78, 5) is 0.0389. The van der Waals surface area contributed by atoms with Crippen LogP contribution < -0.4 is 4.74 Å². The first-order valence-corrected chi connectivity index (χ1v) is 6.39. The van der Waals surface area contributed by atoms with Crippen LogP contribution in [0.15, 0.2) is 35.6 Å². The Hall–Kier alpha value is -1.20. The molecule has 15 heavy (non-hydrogen) atoms. The molecule has 6 heteroatoms. The summed E-state index contributed by atoms with van der Waals surface area (Å²) in [5.74, 6) is 0.563. The van der Waals surface area contributed by atoms with Gasteiger partial charge in [0.05, 0.1) is 4.90 Å². The number of hydrogen-bond donors (Lipinski definition) is 0. The molecule has 0 unspecified atom stereocenters. The van der Waals surface area contributed by atoms with Crippen LogP contribution in [0.3, 0.4) is 0 Å². The van der Waals surface area contributed by atoms with Gasteiger partial charge >= 0.3 is 0 Å². The second-order valence-electron chi connectivity index (χ2n) is 2.91. The fourth-order valence-corrected chi connectivity index (χ4v) is 2.02. The largest absolute Gasteiger partial charge is 0.493 e. The van der Waals surface area contributed by atoms with Crippen LogP contribution in [0.1, 0.15) is 5.56 Å². The minimum atomic E-state index is -3.71. The maximum Gasteiger partial charge on any atom is 0.261 e. The molecule has 0 N–H and O–H groups in total. The molecule has 1 aliphatic rings. The summed E-state index contributed by atoms with van der Waals surface area (Å²) in [5.41, 5.74) is 0.640. The lowest BCUT2D eigenvalue weighted by Gasteiger charge is -2.05. The minimum absolute atomic E-state index is 0.0389. The molecule has 1 aromatic carbocycles. The predicted molar refractivity (Wildman–Crippen MR) is 54.0 cm³/mol. The maximum atomic E-state index is 11.1. The normalized spacial score (nSPS) is 14.7. The quantitative estimate of drug-likeness (QED) is 0.711. The van der Waals surface area contributed by atoms with Crippen molar-refractivity contribution in [3.8, 4) is 5.75 Å². The van der Waals surface area contributed by atoms with E-state index in [4.69, 9.17) is 20.2 Å². The molecule has 0 radical (unpaired) electrons. The zero-order valence-corrected chi connectivity index (χ0v) is 9.09. The van der Waals surface area contributed by atoms with Crippen molar-refractivity contribution in [2.75, 3.05) is 0 Å². The highest BCUT2D eigenvalue weighted by atomic mass is 35.7. The molecule has 0 atom stereocenters. The van der Waals surface area contributed by atoms with Gasteiger partial charge in [0.15, 0.2) is 0 Å². The molecule has 0 amide bonds. The number of hydrogen-bond acceptors (Lipinski definition) is 4. The van der Waals surface area contributed by atoms with Crippen LogP contribution in [0.2, 0.25) is 0 Å². The molecule has 0 spiro atoms. The van der Waals surface area contributed by atoms with Gasteiger partial charge in [0.25, 0.3) is 9.05 Å². The number of ether oxygens (including phenoxy) is 2. The van der Waals surface area contributed by atoms with Gasteiger partial charge in [0.2, 0.25) is 0 Å². The average molecular weight is 247 g/mol. The number of halogens is 1. The molecule has 1 aromatic rings. The SMILES string of the molecule is O=S(=O)(Cl)c1ccc2c(c1)COC=CO2. The summed E-state index contributed by atoms with van der Waals surface area (Å²) in [6.07, 6.45) is 2.79. The molecule has 0 bridgehead atoms. The second-order valence-corrected chi connectivity index (χ2v) is 5.47. The zero-order valence-electron chi connectivity index (χ0n) is 7.51. The molecular weight excluding hydrogens is 240 g/mol. The van der Waals surface area contributed by atoms with Crippen molar-refractivity contribution in [1.82, 2.24) is 0 Å². The summed E-state index contributed by atoms with van der Waals surface area (Å²) in [7, 11) is 1.51. The van der Waals surface area contributed by atoms with Gasteiger partial charge in [-0.3, -0.25) is 0 Å². The lowest BCUT2D eigenvalue weighted by molar-refractivity contribution is 0.237. The Morgan fingerprint density at radius 1 is 1.27 bits per heavy atom. The van der Waals surface area contributed by atoms with E-state index in [9.17, 15) is 8.42 Å². The first-order chi connectivity index (χ1) is 7.07. The van der Waals surface area contributed by atoms with Crippen LogP contribution in [-0.2, 0) is 20.4 Å². The Morgan fingerprint density at radius 2 is 2.07 bits per heavy atom. The van der Waals surface area contributed by atoms with Gasteiger partial charge in [-0.2, -0.15) is 0 Å². The van der Waals surface area contributed by atoms with Crippen molar-refractivity contribution in [2.45, 2.75) is 11.5 Å². The second kappa shape index (κ2) is 3.75. The zero-order chi connectivity index (χ0) is 10.9. The first-order valence-electron chi connectivity index (χ1n) is 4.08. The summed E-state index contributed by atoms with van der Waals surface area (Å²) in [6, 6.07) is 4.37. The van der Waals surface area contributed by atoms with E-state index >= 15 is 0 Å². The highest BCUT2D eigenvalue weighted by Gasteiger charge is 2.14. The Kier molecular flexibility index (Phi) is 2.58. The number of rotatable bonds is 1. The van der Waals surface area contributed by atoms with E-state index in [1.165, 1.54) is 24.7 Å². The molecule has 0 saturated heterocycles. The van der Waals surface area contributed by atoms with E-state index in [0.29, 0.717) is 11.3 Å². The summed E-state index contributed by atoms with van der Waals surface area (Å²) >= 11 is 0. The molecule has 0 fully saturated rings. The molecule has 1 heterocycles. The molecule has 0 aliphatic carbocycles. The topological polar surface area (TPSA) is 52.6 Å². The first kappa shape index (κ1) is 10.3. The van der Waals surface area contributed by atoms with Crippen LogP contribution in [-0.4, -0.2) is 8.42 Å². The van der Waals surface area contributed by atoms with Gasteiger partial charge in [-0.25, -0.2) is 8.42 Å². The van der Waals surface area contributed by atoms with Crippen LogP contribution in [0.25, 0.3) is 0 Å². The van der Waals surface area contributed by atoms with Crippen LogP contribution >= 0.6 is 10.7 Å². The Morgan fingerprint density at radius 3 is 2.80 bits per heavy atom. The predicted octanol–water partition coefficient (Wildman–Crippen LogP) is 1.99. The highest BCUT2D eigenvalue weighted by molar-refractivity contribution is 8.13. The van der Waals surface area contributed by atoms with E-state index in [2.05, 4.69) is 0 Å². The van der Waals surface area contributed by atoms with Crippen molar-refractivity contribution in [3.05, 3.63) is 36.3 Å². The van der Waals surface area contributed by atoms with Crippen LogP contribution in [0, 0.1) is 0 Å². The summed E-state index contributed by atoms with van der Waals surface area (Å²) in [6.45, 7) is 0.256.